The lowest BCUT2D eigenvalue weighted by molar-refractivity contribution is 0.0168. The first kappa shape index (κ1) is 12.6. The zero-order chi connectivity index (χ0) is 11.9. The monoisotopic (exact) mass is 233 g/mol. The molecule has 0 radical (unpaired) electrons. The lowest BCUT2D eigenvalue weighted by Gasteiger charge is -2.22. The third-order valence-corrected chi connectivity index (χ3v) is 3.41. The minimum absolute atomic E-state index is 0.429. The van der Waals surface area contributed by atoms with Gasteiger partial charge in [0, 0.05) is 19.7 Å². The van der Waals surface area contributed by atoms with Crippen LogP contribution in [0.25, 0.3) is 0 Å². The van der Waals surface area contributed by atoms with Gasteiger partial charge in [0.2, 0.25) is 0 Å². The average molecular weight is 233 g/mol. The van der Waals surface area contributed by atoms with Gasteiger partial charge in [0.1, 0.15) is 0 Å². The van der Waals surface area contributed by atoms with Gasteiger partial charge in [-0.15, -0.1) is 0 Å². The fourth-order valence-corrected chi connectivity index (χ4v) is 2.24. The number of hydrogen-bond donors (Lipinski definition) is 1. The summed E-state index contributed by atoms with van der Waals surface area (Å²) >= 11 is 0. The van der Waals surface area contributed by atoms with Gasteiger partial charge in [-0.3, -0.25) is 0 Å². The summed E-state index contributed by atoms with van der Waals surface area (Å²) in [7, 11) is 0. The van der Waals surface area contributed by atoms with Gasteiger partial charge in [-0.1, -0.05) is 31.2 Å². The van der Waals surface area contributed by atoms with E-state index in [-0.39, 0.29) is 0 Å². The highest BCUT2D eigenvalue weighted by atomic mass is 16.5. The van der Waals surface area contributed by atoms with Crippen molar-refractivity contribution in [1.29, 1.82) is 0 Å². The van der Waals surface area contributed by atoms with E-state index in [9.17, 15) is 0 Å². The van der Waals surface area contributed by atoms with Crippen molar-refractivity contribution in [3.63, 3.8) is 0 Å². The molecular formula is C15H23NO. The maximum atomic E-state index is 5.69. The molecule has 2 nitrogen and oxygen atoms in total. The molecule has 1 N–H and O–H groups in total. The fraction of sp³-hybridized carbons (Fsp3) is 0.600. The van der Waals surface area contributed by atoms with Gasteiger partial charge in [0.25, 0.3) is 0 Å². The van der Waals surface area contributed by atoms with Crippen LogP contribution in [0.1, 0.15) is 37.3 Å². The Morgan fingerprint density at radius 3 is 2.59 bits per heavy atom. The van der Waals surface area contributed by atoms with Crippen LogP contribution in [0.4, 0.5) is 0 Å². The average Bonchev–Trinajstić information content (AvgIpc) is 2.41. The molecule has 1 saturated heterocycles. The van der Waals surface area contributed by atoms with Crippen molar-refractivity contribution in [2.24, 2.45) is 0 Å². The molecule has 0 amide bonds. The molecule has 1 aliphatic rings. The first-order chi connectivity index (χ1) is 8.38. The predicted molar refractivity (Wildman–Crippen MR) is 71.1 cm³/mol. The van der Waals surface area contributed by atoms with Gasteiger partial charge < -0.3 is 10.1 Å². The van der Waals surface area contributed by atoms with E-state index in [1.54, 1.807) is 0 Å². The Kier molecular flexibility index (Phi) is 5.02. The summed E-state index contributed by atoms with van der Waals surface area (Å²) in [6, 6.07) is 8.86. The summed E-state index contributed by atoms with van der Waals surface area (Å²) in [5.41, 5.74) is 2.77. The second-order valence-corrected chi connectivity index (χ2v) is 4.79. The molecule has 1 aromatic rings. The third-order valence-electron chi connectivity index (χ3n) is 3.41. The van der Waals surface area contributed by atoms with E-state index in [2.05, 4.69) is 36.5 Å². The molecule has 1 fully saturated rings. The summed E-state index contributed by atoms with van der Waals surface area (Å²) < 4.78 is 5.69. The normalized spacial score (nSPS) is 20.4. The quantitative estimate of drug-likeness (QED) is 0.844. The lowest BCUT2D eigenvalue weighted by Crippen LogP contribution is -2.31. The van der Waals surface area contributed by atoms with Crippen LogP contribution in [0.5, 0.6) is 0 Å². The first-order valence-corrected chi connectivity index (χ1v) is 6.78. The maximum absolute atomic E-state index is 5.69. The third kappa shape index (κ3) is 4.14. The summed E-state index contributed by atoms with van der Waals surface area (Å²) in [6.45, 7) is 5.06. The Morgan fingerprint density at radius 1 is 1.18 bits per heavy atom. The minimum atomic E-state index is 0.429. The molecular weight excluding hydrogens is 210 g/mol. The SMILES string of the molecule is CCc1ccc(CNCC2CCCCO2)cc1. The van der Waals surface area contributed by atoms with Gasteiger partial charge in [-0.2, -0.15) is 0 Å². The molecule has 0 aromatic heterocycles. The molecule has 0 saturated carbocycles. The van der Waals surface area contributed by atoms with Crippen LogP contribution in [0.2, 0.25) is 0 Å². The van der Waals surface area contributed by atoms with Crippen molar-refractivity contribution in [3.8, 4) is 0 Å². The molecule has 1 unspecified atom stereocenters. The van der Waals surface area contributed by atoms with E-state index in [0.717, 1.165) is 26.1 Å². The zero-order valence-corrected chi connectivity index (χ0v) is 10.7. The minimum Gasteiger partial charge on any atom is -0.377 e. The van der Waals surface area contributed by atoms with Crippen molar-refractivity contribution in [3.05, 3.63) is 35.4 Å². The molecule has 0 spiro atoms. The standard InChI is InChI=1S/C15H23NO/c1-2-13-6-8-14(9-7-13)11-16-12-15-5-3-4-10-17-15/h6-9,15-16H,2-5,10-12H2,1H3. The van der Waals surface area contributed by atoms with Crippen LogP contribution in [0.3, 0.4) is 0 Å². The molecule has 1 aromatic carbocycles. The Morgan fingerprint density at radius 2 is 1.94 bits per heavy atom. The maximum Gasteiger partial charge on any atom is 0.0699 e. The molecule has 1 aliphatic heterocycles. The number of rotatable bonds is 5. The van der Waals surface area contributed by atoms with E-state index in [4.69, 9.17) is 4.74 Å². The molecule has 94 valence electrons. The van der Waals surface area contributed by atoms with Gasteiger partial charge in [0.15, 0.2) is 0 Å². The Bertz CT molecular complexity index is 314. The van der Waals surface area contributed by atoms with Crippen LogP contribution in [-0.4, -0.2) is 19.3 Å². The van der Waals surface area contributed by atoms with Crippen LogP contribution in [-0.2, 0) is 17.7 Å². The lowest BCUT2D eigenvalue weighted by atomic mass is 10.1. The highest BCUT2D eigenvalue weighted by molar-refractivity contribution is 5.22. The fourth-order valence-electron chi connectivity index (χ4n) is 2.24. The molecule has 0 bridgehead atoms. The number of aryl methyl sites for hydroxylation is 1. The van der Waals surface area contributed by atoms with E-state index >= 15 is 0 Å². The topological polar surface area (TPSA) is 21.3 Å². The highest BCUT2D eigenvalue weighted by Crippen LogP contribution is 2.12. The van der Waals surface area contributed by atoms with Gasteiger partial charge in [0.05, 0.1) is 6.10 Å². The smallest absolute Gasteiger partial charge is 0.0699 e. The van der Waals surface area contributed by atoms with Crippen molar-refractivity contribution in [1.82, 2.24) is 5.32 Å². The van der Waals surface area contributed by atoms with E-state index in [1.165, 1.54) is 30.4 Å². The second kappa shape index (κ2) is 6.77. The van der Waals surface area contributed by atoms with Crippen LogP contribution in [0.15, 0.2) is 24.3 Å². The van der Waals surface area contributed by atoms with Crippen molar-refractivity contribution < 1.29 is 4.74 Å². The predicted octanol–water partition coefficient (Wildman–Crippen LogP) is 2.91. The van der Waals surface area contributed by atoms with Crippen molar-refractivity contribution in [2.45, 2.75) is 45.3 Å². The van der Waals surface area contributed by atoms with E-state index in [0.29, 0.717) is 6.10 Å². The molecule has 1 atom stereocenters. The Hall–Kier alpha value is -0.860. The van der Waals surface area contributed by atoms with E-state index in [1.807, 2.05) is 0 Å². The molecule has 17 heavy (non-hydrogen) atoms. The summed E-state index contributed by atoms with van der Waals surface area (Å²) in [5, 5.41) is 3.48. The van der Waals surface area contributed by atoms with E-state index < -0.39 is 0 Å². The van der Waals surface area contributed by atoms with Crippen LogP contribution in [0, 0.1) is 0 Å². The van der Waals surface area contributed by atoms with Crippen molar-refractivity contribution >= 4 is 0 Å². The van der Waals surface area contributed by atoms with Gasteiger partial charge >= 0.3 is 0 Å². The first-order valence-electron chi connectivity index (χ1n) is 6.78. The second-order valence-electron chi connectivity index (χ2n) is 4.79. The largest absolute Gasteiger partial charge is 0.377 e. The summed E-state index contributed by atoms with van der Waals surface area (Å²) in [4.78, 5) is 0. The Labute approximate surface area is 104 Å². The molecule has 2 heteroatoms. The zero-order valence-electron chi connectivity index (χ0n) is 10.7. The van der Waals surface area contributed by atoms with Crippen LogP contribution >= 0.6 is 0 Å². The molecule has 0 aliphatic carbocycles. The Balaban J connectivity index is 1.69. The molecule has 1 heterocycles. The number of benzene rings is 1. The highest BCUT2D eigenvalue weighted by Gasteiger charge is 2.12. The summed E-state index contributed by atoms with van der Waals surface area (Å²) in [6.07, 6.45) is 5.30. The van der Waals surface area contributed by atoms with Crippen LogP contribution < -0.4 is 5.32 Å². The molecule has 2 rings (SSSR count). The number of ether oxygens (including phenoxy) is 1. The number of nitrogens with one attached hydrogen (secondary N) is 1. The number of hydrogen-bond acceptors (Lipinski definition) is 2. The summed E-state index contributed by atoms with van der Waals surface area (Å²) in [5.74, 6) is 0. The van der Waals surface area contributed by atoms with Gasteiger partial charge in [-0.05, 0) is 36.8 Å². The van der Waals surface area contributed by atoms with Crippen molar-refractivity contribution in [2.75, 3.05) is 13.2 Å². The van der Waals surface area contributed by atoms with Gasteiger partial charge in [-0.25, -0.2) is 0 Å².